The van der Waals surface area contributed by atoms with Crippen molar-refractivity contribution in [3.05, 3.63) is 70.7 Å². The fraction of sp³-hybridized carbons (Fsp3) is 0.561. The third kappa shape index (κ3) is 10.1. The Kier molecular flexibility index (Phi) is 13.6. The predicted octanol–water partition coefficient (Wildman–Crippen LogP) is 5.91. The highest BCUT2D eigenvalue weighted by molar-refractivity contribution is 5.97. The Balaban J connectivity index is 1.45. The number of hydrogen-bond donors (Lipinski definition) is 5. The van der Waals surface area contributed by atoms with Crippen molar-refractivity contribution < 1.29 is 41.5 Å². The third-order valence-corrected chi connectivity index (χ3v) is 11.5. The number of amides is 4. The van der Waals surface area contributed by atoms with Crippen LogP contribution in [0.3, 0.4) is 0 Å². The number of hydrogen-bond acceptors (Lipinski definition) is 5. The van der Waals surface area contributed by atoms with E-state index in [0.717, 1.165) is 18.9 Å². The van der Waals surface area contributed by atoms with E-state index in [1.54, 1.807) is 19.1 Å². The van der Waals surface area contributed by atoms with Gasteiger partial charge in [-0.15, -0.1) is 0 Å². The van der Waals surface area contributed by atoms with E-state index < -0.39 is 58.8 Å². The Bertz CT molecular complexity index is 1840. The Morgan fingerprint density at radius 2 is 1.65 bits per heavy atom. The molecular formula is C41H53F4N5O5. The standard InChI is InChI=1S/C41H53F4N5O5/c1-5-24(3)33(21-34(51)46-23-26-15-18-55-19-16-26)48-39(54)40(17-14-32-29(22-40)28-11-9-12-30(37(28)47-32)41(43,44)45)50-38(53)36(25(4)6-2)49-35(52)20-27-10-7-8-13-31(27)42/h7-13,24-26,33,36,47H,5-6,14-23H2,1-4H3,(H,46,51)(H,48,54)(H,49,52)(H,50,53)/t24?,25?,33-,36+,40-/m1/s1. The number of ether oxygens (including phenoxy) is 1. The zero-order chi connectivity index (χ0) is 39.9. The Hall–Kier alpha value is -4.46. The normalized spacial score (nSPS) is 19.8. The highest BCUT2D eigenvalue weighted by atomic mass is 19.4. The summed E-state index contributed by atoms with van der Waals surface area (Å²) in [5.74, 6) is -2.85. The van der Waals surface area contributed by atoms with Crippen LogP contribution in [-0.4, -0.2) is 66.0 Å². The van der Waals surface area contributed by atoms with E-state index in [1.165, 1.54) is 24.3 Å². The number of nitrogens with one attached hydrogen (secondary N) is 5. The minimum absolute atomic E-state index is 0.0110. The van der Waals surface area contributed by atoms with E-state index in [0.29, 0.717) is 55.2 Å². The maximum Gasteiger partial charge on any atom is 0.418 e. The lowest BCUT2D eigenvalue weighted by Crippen LogP contribution is -2.66. The molecule has 55 heavy (non-hydrogen) atoms. The fourth-order valence-electron chi connectivity index (χ4n) is 7.59. The van der Waals surface area contributed by atoms with Crippen molar-refractivity contribution in [3.63, 3.8) is 0 Å². The second-order valence-electron chi connectivity index (χ2n) is 15.3. The van der Waals surface area contributed by atoms with Crippen LogP contribution in [0, 0.1) is 23.6 Å². The van der Waals surface area contributed by atoms with Gasteiger partial charge in [0.05, 0.1) is 17.5 Å². The summed E-state index contributed by atoms with van der Waals surface area (Å²) in [5.41, 5.74) is -1.42. The molecule has 2 unspecified atom stereocenters. The number of alkyl halides is 3. The van der Waals surface area contributed by atoms with Crippen molar-refractivity contribution in [2.24, 2.45) is 17.8 Å². The van der Waals surface area contributed by atoms with Crippen LogP contribution >= 0.6 is 0 Å². The van der Waals surface area contributed by atoms with E-state index in [2.05, 4.69) is 26.3 Å². The Morgan fingerprint density at radius 3 is 2.33 bits per heavy atom. The van der Waals surface area contributed by atoms with E-state index in [-0.39, 0.29) is 55.0 Å². The summed E-state index contributed by atoms with van der Waals surface area (Å²) in [4.78, 5) is 58.5. The summed E-state index contributed by atoms with van der Waals surface area (Å²) in [7, 11) is 0. The third-order valence-electron chi connectivity index (χ3n) is 11.5. The van der Waals surface area contributed by atoms with Gasteiger partial charge in [-0.1, -0.05) is 70.9 Å². The maximum absolute atomic E-state index is 14.7. The van der Waals surface area contributed by atoms with Crippen LogP contribution in [0.25, 0.3) is 10.9 Å². The molecule has 2 aromatic carbocycles. The summed E-state index contributed by atoms with van der Waals surface area (Å²) >= 11 is 0. The van der Waals surface area contributed by atoms with Crippen molar-refractivity contribution >= 4 is 34.5 Å². The van der Waals surface area contributed by atoms with E-state index in [9.17, 15) is 36.7 Å². The van der Waals surface area contributed by atoms with Crippen LogP contribution < -0.4 is 21.3 Å². The molecule has 300 valence electrons. The molecule has 3 aromatic rings. The van der Waals surface area contributed by atoms with E-state index in [1.807, 2.05) is 20.8 Å². The van der Waals surface area contributed by atoms with Gasteiger partial charge in [-0.2, -0.15) is 13.2 Å². The molecule has 5 N–H and O–H groups in total. The minimum atomic E-state index is -4.63. The van der Waals surface area contributed by atoms with Gasteiger partial charge < -0.3 is 31.0 Å². The number of benzene rings is 2. The SMILES string of the molecule is CCC(C)[C@H](NC(=O)Cc1ccccc1F)C(=O)N[C@]1(C(=O)N[C@H](CC(=O)NCC2CCOCC2)C(C)CC)CCc2[nH]c3c(C(F)(F)F)cccc3c2C1. The van der Waals surface area contributed by atoms with Gasteiger partial charge in [-0.25, -0.2) is 4.39 Å². The van der Waals surface area contributed by atoms with E-state index >= 15 is 0 Å². The van der Waals surface area contributed by atoms with Crippen LogP contribution in [0.5, 0.6) is 0 Å². The number of aryl methyl sites for hydroxylation is 1. The lowest BCUT2D eigenvalue weighted by Gasteiger charge is -2.40. The molecular weight excluding hydrogens is 718 g/mol. The van der Waals surface area contributed by atoms with Crippen LogP contribution in [-0.2, 0) is 49.4 Å². The van der Waals surface area contributed by atoms with Gasteiger partial charge in [0, 0.05) is 49.7 Å². The van der Waals surface area contributed by atoms with Crippen molar-refractivity contribution in [2.75, 3.05) is 19.8 Å². The van der Waals surface area contributed by atoms with Crippen LogP contribution in [0.15, 0.2) is 42.5 Å². The molecule has 14 heteroatoms. The van der Waals surface area contributed by atoms with Crippen molar-refractivity contribution in [1.82, 2.24) is 26.3 Å². The maximum atomic E-state index is 14.7. The lowest BCUT2D eigenvalue weighted by molar-refractivity contribution is -0.137. The number of halogens is 4. The van der Waals surface area contributed by atoms with Gasteiger partial charge in [-0.3, -0.25) is 19.2 Å². The highest BCUT2D eigenvalue weighted by Crippen LogP contribution is 2.40. The molecule has 1 saturated heterocycles. The average Bonchev–Trinajstić information content (AvgIpc) is 3.53. The summed E-state index contributed by atoms with van der Waals surface area (Å²) in [6.45, 7) is 9.26. The smallest absolute Gasteiger partial charge is 0.381 e. The zero-order valence-corrected chi connectivity index (χ0v) is 32.0. The first kappa shape index (κ1) is 41.7. The largest absolute Gasteiger partial charge is 0.418 e. The number of aromatic amines is 1. The minimum Gasteiger partial charge on any atom is -0.381 e. The number of aromatic nitrogens is 1. The summed E-state index contributed by atoms with van der Waals surface area (Å²) in [6.07, 6.45) is -2.12. The molecule has 0 spiro atoms. The number of rotatable bonds is 15. The second-order valence-corrected chi connectivity index (χ2v) is 15.3. The van der Waals surface area contributed by atoms with Crippen molar-refractivity contribution in [2.45, 2.75) is 109 Å². The van der Waals surface area contributed by atoms with Crippen LogP contribution in [0.4, 0.5) is 17.6 Å². The number of fused-ring (bicyclic) bond motifs is 3. The molecule has 5 rings (SSSR count). The van der Waals surface area contributed by atoms with Crippen LogP contribution in [0.2, 0.25) is 0 Å². The molecule has 2 heterocycles. The Morgan fingerprint density at radius 1 is 0.945 bits per heavy atom. The summed E-state index contributed by atoms with van der Waals surface area (Å²) < 4.78 is 62.1. The number of para-hydroxylation sites is 1. The second kappa shape index (κ2) is 18.0. The molecule has 5 atom stereocenters. The van der Waals surface area contributed by atoms with Crippen molar-refractivity contribution in [3.8, 4) is 0 Å². The van der Waals surface area contributed by atoms with Gasteiger partial charge in [0.15, 0.2) is 0 Å². The molecule has 0 saturated carbocycles. The molecule has 1 aliphatic heterocycles. The fourth-order valence-corrected chi connectivity index (χ4v) is 7.59. The molecule has 0 bridgehead atoms. The summed E-state index contributed by atoms with van der Waals surface area (Å²) in [6, 6.07) is 7.98. The molecule has 10 nitrogen and oxygen atoms in total. The number of carbonyl (C=O) groups is 4. The molecule has 4 amide bonds. The topological polar surface area (TPSA) is 141 Å². The predicted molar refractivity (Wildman–Crippen MR) is 200 cm³/mol. The van der Waals surface area contributed by atoms with E-state index in [4.69, 9.17) is 4.74 Å². The van der Waals surface area contributed by atoms with Crippen LogP contribution in [0.1, 0.15) is 88.6 Å². The first-order chi connectivity index (χ1) is 26.2. The molecule has 1 aromatic heterocycles. The zero-order valence-electron chi connectivity index (χ0n) is 32.0. The average molecular weight is 772 g/mol. The Labute approximate surface area is 319 Å². The number of H-pyrrole nitrogens is 1. The first-order valence-corrected chi connectivity index (χ1v) is 19.4. The quantitative estimate of drug-likeness (QED) is 0.122. The van der Waals surface area contributed by atoms with Gasteiger partial charge in [0.2, 0.25) is 23.6 Å². The van der Waals surface area contributed by atoms with Gasteiger partial charge in [0.1, 0.15) is 17.4 Å². The first-order valence-electron chi connectivity index (χ1n) is 19.4. The molecule has 1 aliphatic carbocycles. The van der Waals surface area contributed by atoms with Gasteiger partial charge in [-0.05, 0) is 66.7 Å². The van der Waals surface area contributed by atoms with Gasteiger partial charge >= 0.3 is 6.18 Å². The summed E-state index contributed by atoms with van der Waals surface area (Å²) in [5, 5.41) is 12.1. The molecule has 0 radical (unpaired) electrons. The monoisotopic (exact) mass is 771 g/mol. The highest BCUT2D eigenvalue weighted by Gasteiger charge is 2.47. The molecule has 2 aliphatic rings. The number of carbonyl (C=O) groups excluding carboxylic acids is 4. The van der Waals surface area contributed by atoms with Crippen molar-refractivity contribution in [1.29, 1.82) is 0 Å². The lowest BCUT2D eigenvalue weighted by atomic mass is 9.77. The molecule has 1 fully saturated rings. The van der Waals surface area contributed by atoms with Gasteiger partial charge in [0.25, 0.3) is 0 Å².